The Labute approximate surface area is 146 Å². The van der Waals surface area contributed by atoms with Crippen molar-refractivity contribution in [3.05, 3.63) is 0 Å². The molecule has 0 bridgehead atoms. The van der Waals surface area contributed by atoms with E-state index in [1.165, 1.54) is 0 Å². The smallest absolute Gasteiger partial charge is 0.322 e. The van der Waals surface area contributed by atoms with E-state index in [1.807, 2.05) is 0 Å². The number of hydrogen-bond acceptors (Lipinski definition) is 6. The van der Waals surface area contributed by atoms with Crippen molar-refractivity contribution in [2.45, 2.75) is 44.2 Å². The maximum atomic E-state index is 12.0. The number of nitrogens with two attached hydrogens (primary N) is 1. The Hall–Kier alpha value is -2.20. The Kier molecular flexibility index (Phi) is 9.48. The summed E-state index contributed by atoms with van der Waals surface area (Å²) in [6.45, 7) is 0.474. The van der Waals surface area contributed by atoms with Crippen LogP contribution in [0.2, 0.25) is 0 Å². The topological polar surface area (TPSA) is 163 Å². The number of carboxylic acids is 1. The molecular formula is C15H27N5O5. The molecule has 10 heteroatoms. The van der Waals surface area contributed by atoms with Crippen LogP contribution >= 0.6 is 0 Å². The second-order valence-electron chi connectivity index (χ2n) is 5.88. The molecule has 1 fully saturated rings. The lowest BCUT2D eigenvalue weighted by Gasteiger charge is -2.18. The van der Waals surface area contributed by atoms with Gasteiger partial charge in [0, 0.05) is 0 Å². The second-order valence-corrected chi connectivity index (χ2v) is 5.88. The summed E-state index contributed by atoms with van der Waals surface area (Å²) in [4.78, 5) is 46.4. The Bertz CT molecular complexity index is 479. The molecule has 0 radical (unpaired) electrons. The number of carbonyl (C=O) groups excluding carboxylic acids is 3. The molecule has 1 aliphatic heterocycles. The first-order chi connectivity index (χ1) is 11.9. The third kappa shape index (κ3) is 8.45. The quantitative estimate of drug-likeness (QED) is 0.226. The monoisotopic (exact) mass is 357 g/mol. The van der Waals surface area contributed by atoms with Crippen molar-refractivity contribution < 1.29 is 24.3 Å². The maximum absolute atomic E-state index is 12.0. The first kappa shape index (κ1) is 20.8. The van der Waals surface area contributed by atoms with Crippen LogP contribution in [0, 0.1) is 0 Å². The molecule has 2 atom stereocenters. The van der Waals surface area contributed by atoms with Crippen molar-refractivity contribution >= 4 is 23.7 Å². The van der Waals surface area contributed by atoms with E-state index in [9.17, 15) is 19.2 Å². The number of aliphatic carboxylic acids is 1. The summed E-state index contributed by atoms with van der Waals surface area (Å²) in [5, 5.41) is 18.9. The van der Waals surface area contributed by atoms with Gasteiger partial charge in [-0.15, -0.1) is 0 Å². The van der Waals surface area contributed by atoms with Crippen molar-refractivity contribution in [1.82, 2.24) is 21.3 Å². The van der Waals surface area contributed by atoms with E-state index in [0.717, 1.165) is 19.4 Å². The number of carbonyl (C=O) groups is 4. The summed E-state index contributed by atoms with van der Waals surface area (Å²) in [5.41, 5.74) is 5.41. The zero-order valence-corrected chi connectivity index (χ0v) is 14.2. The van der Waals surface area contributed by atoms with Gasteiger partial charge in [-0.05, 0) is 45.2 Å². The number of amides is 3. The van der Waals surface area contributed by atoms with Crippen LogP contribution in [0.15, 0.2) is 0 Å². The molecule has 0 spiro atoms. The number of unbranched alkanes of at least 4 members (excludes halogenated alkanes) is 1. The van der Waals surface area contributed by atoms with Gasteiger partial charge in [0.1, 0.15) is 12.6 Å². The Morgan fingerprint density at radius 1 is 1.16 bits per heavy atom. The average molecular weight is 357 g/mol. The summed E-state index contributed by atoms with van der Waals surface area (Å²) in [7, 11) is 0. The van der Waals surface area contributed by atoms with Crippen LogP contribution in [0.1, 0.15) is 32.1 Å². The highest BCUT2D eigenvalue weighted by Crippen LogP contribution is 2.04. The van der Waals surface area contributed by atoms with Gasteiger partial charge < -0.3 is 32.1 Å². The minimum absolute atomic E-state index is 0.239. The van der Waals surface area contributed by atoms with Gasteiger partial charge in [0.2, 0.25) is 17.7 Å². The lowest BCUT2D eigenvalue weighted by atomic mass is 10.1. The van der Waals surface area contributed by atoms with Crippen LogP contribution in [0.4, 0.5) is 0 Å². The van der Waals surface area contributed by atoms with Gasteiger partial charge in [0.05, 0.1) is 12.6 Å². The SMILES string of the molecule is NCCCCC(NC(=O)CNC(=O)C1CCCN1)C(=O)NCC(=O)O. The van der Waals surface area contributed by atoms with Gasteiger partial charge >= 0.3 is 5.97 Å². The maximum Gasteiger partial charge on any atom is 0.322 e. The van der Waals surface area contributed by atoms with Crippen LogP contribution in [0.25, 0.3) is 0 Å². The van der Waals surface area contributed by atoms with Crippen LogP contribution in [0.5, 0.6) is 0 Å². The third-order valence-electron chi connectivity index (χ3n) is 3.81. The van der Waals surface area contributed by atoms with E-state index in [4.69, 9.17) is 10.8 Å². The van der Waals surface area contributed by atoms with E-state index in [-0.39, 0.29) is 18.5 Å². The predicted molar refractivity (Wildman–Crippen MR) is 89.5 cm³/mol. The van der Waals surface area contributed by atoms with Gasteiger partial charge in [-0.1, -0.05) is 0 Å². The van der Waals surface area contributed by atoms with E-state index < -0.39 is 30.4 Å². The lowest BCUT2D eigenvalue weighted by molar-refractivity contribution is -0.138. The van der Waals surface area contributed by atoms with Crippen molar-refractivity contribution in [2.24, 2.45) is 5.73 Å². The number of hydrogen-bond donors (Lipinski definition) is 6. The summed E-state index contributed by atoms with van der Waals surface area (Å²) >= 11 is 0. The van der Waals surface area contributed by atoms with Crippen LogP contribution in [0.3, 0.4) is 0 Å². The van der Waals surface area contributed by atoms with Gasteiger partial charge in [0.15, 0.2) is 0 Å². The molecule has 0 saturated carbocycles. The van der Waals surface area contributed by atoms with Crippen LogP contribution in [-0.4, -0.2) is 67.1 Å². The molecule has 7 N–H and O–H groups in total. The Balaban J connectivity index is 2.44. The summed E-state index contributed by atoms with van der Waals surface area (Å²) in [6.07, 6.45) is 3.28. The van der Waals surface area contributed by atoms with Crippen molar-refractivity contribution in [3.8, 4) is 0 Å². The van der Waals surface area contributed by atoms with E-state index in [2.05, 4.69) is 21.3 Å². The third-order valence-corrected chi connectivity index (χ3v) is 3.81. The first-order valence-electron chi connectivity index (χ1n) is 8.44. The molecule has 25 heavy (non-hydrogen) atoms. The molecule has 10 nitrogen and oxygen atoms in total. The van der Waals surface area contributed by atoms with E-state index in [1.54, 1.807) is 0 Å². The van der Waals surface area contributed by atoms with E-state index in [0.29, 0.717) is 25.8 Å². The summed E-state index contributed by atoms with van der Waals surface area (Å²) < 4.78 is 0. The molecular weight excluding hydrogens is 330 g/mol. The minimum atomic E-state index is -1.17. The first-order valence-corrected chi connectivity index (χ1v) is 8.44. The molecule has 0 aromatic rings. The number of nitrogens with one attached hydrogen (secondary N) is 4. The average Bonchev–Trinajstić information content (AvgIpc) is 3.11. The van der Waals surface area contributed by atoms with Gasteiger partial charge in [-0.3, -0.25) is 19.2 Å². The molecule has 0 aromatic heterocycles. The normalized spacial score (nSPS) is 17.6. The fraction of sp³-hybridized carbons (Fsp3) is 0.733. The molecule has 0 aliphatic carbocycles. The molecule has 1 saturated heterocycles. The van der Waals surface area contributed by atoms with Gasteiger partial charge in [-0.25, -0.2) is 0 Å². The molecule has 2 unspecified atom stereocenters. The number of rotatable bonds is 11. The Morgan fingerprint density at radius 2 is 1.92 bits per heavy atom. The van der Waals surface area contributed by atoms with Crippen LogP contribution < -0.4 is 27.0 Å². The molecule has 0 aromatic carbocycles. The summed E-state index contributed by atoms with van der Waals surface area (Å²) in [6, 6.07) is -1.15. The van der Waals surface area contributed by atoms with Crippen molar-refractivity contribution in [3.63, 3.8) is 0 Å². The van der Waals surface area contributed by atoms with Gasteiger partial charge in [-0.2, -0.15) is 0 Å². The molecule has 1 rings (SSSR count). The van der Waals surface area contributed by atoms with Crippen LogP contribution in [-0.2, 0) is 19.2 Å². The zero-order chi connectivity index (χ0) is 18.7. The minimum Gasteiger partial charge on any atom is -0.480 e. The standard InChI is InChI=1S/C15H27N5O5/c16-6-2-1-4-11(15(25)19-9-13(22)23)20-12(21)8-18-14(24)10-5-3-7-17-10/h10-11,17H,1-9,16H2,(H,18,24)(H,19,25)(H,20,21)(H,22,23). The highest BCUT2D eigenvalue weighted by molar-refractivity contribution is 5.92. The summed E-state index contributed by atoms with van der Waals surface area (Å²) in [5.74, 6) is -2.49. The highest BCUT2D eigenvalue weighted by atomic mass is 16.4. The zero-order valence-electron chi connectivity index (χ0n) is 14.2. The predicted octanol–water partition coefficient (Wildman–Crippen LogP) is -2.33. The highest BCUT2D eigenvalue weighted by Gasteiger charge is 2.24. The largest absolute Gasteiger partial charge is 0.480 e. The van der Waals surface area contributed by atoms with Crippen molar-refractivity contribution in [2.75, 3.05) is 26.2 Å². The van der Waals surface area contributed by atoms with Crippen molar-refractivity contribution in [1.29, 1.82) is 0 Å². The van der Waals surface area contributed by atoms with E-state index >= 15 is 0 Å². The van der Waals surface area contributed by atoms with Gasteiger partial charge in [0.25, 0.3) is 0 Å². The number of carboxylic acid groups (broad SMARTS) is 1. The molecule has 1 aliphatic rings. The lowest BCUT2D eigenvalue weighted by Crippen LogP contribution is -2.51. The molecule has 3 amide bonds. The fourth-order valence-corrected chi connectivity index (χ4v) is 2.49. The fourth-order valence-electron chi connectivity index (χ4n) is 2.49. The second kappa shape index (κ2) is 11.4. The molecule has 142 valence electrons. The molecule has 1 heterocycles. The Morgan fingerprint density at radius 3 is 2.52 bits per heavy atom.